The summed E-state index contributed by atoms with van der Waals surface area (Å²) in [6, 6.07) is 5.77. The van der Waals surface area contributed by atoms with E-state index in [1.807, 2.05) is 11.0 Å². The van der Waals surface area contributed by atoms with E-state index in [9.17, 15) is 4.79 Å². The zero-order valence-corrected chi connectivity index (χ0v) is 12.5. The quantitative estimate of drug-likeness (QED) is 0.885. The molecular formula is C14H15N3OS2. The van der Waals surface area contributed by atoms with Crippen LogP contribution in [-0.2, 0) is 17.8 Å². The van der Waals surface area contributed by atoms with Gasteiger partial charge < -0.3 is 10.6 Å². The van der Waals surface area contributed by atoms with Crippen molar-refractivity contribution >= 4 is 34.7 Å². The molecule has 0 saturated heterocycles. The lowest BCUT2D eigenvalue weighted by Gasteiger charge is -2.26. The van der Waals surface area contributed by atoms with Gasteiger partial charge in [0.1, 0.15) is 0 Å². The number of thiophene rings is 1. The number of amides is 1. The second kappa shape index (κ2) is 5.85. The third kappa shape index (κ3) is 2.96. The van der Waals surface area contributed by atoms with Crippen LogP contribution in [0.3, 0.4) is 0 Å². The summed E-state index contributed by atoms with van der Waals surface area (Å²) in [6.07, 6.45) is 2.59. The van der Waals surface area contributed by atoms with Gasteiger partial charge in [-0.05, 0) is 35.6 Å². The molecule has 3 heterocycles. The second-order valence-electron chi connectivity index (χ2n) is 4.65. The van der Waals surface area contributed by atoms with E-state index in [0.29, 0.717) is 11.4 Å². The van der Waals surface area contributed by atoms with Crippen LogP contribution in [0.4, 0.5) is 5.69 Å². The Balaban J connectivity index is 1.56. The molecule has 0 saturated carbocycles. The molecular weight excluding hydrogens is 290 g/mol. The number of nitrogen functional groups attached to an aromatic ring is 1. The molecule has 2 aromatic heterocycles. The zero-order valence-electron chi connectivity index (χ0n) is 10.9. The molecule has 1 aliphatic rings. The number of rotatable bonds is 3. The number of aromatic nitrogens is 1. The summed E-state index contributed by atoms with van der Waals surface area (Å²) in [6.45, 7) is 1.56. The summed E-state index contributed by atoms with van der Waals surface area (Å²) >= 11 is 3.24. The van der Waals surface area contributed by atoms with E-state index in [-0.39, 0.29) is 5.91 Å². The highest BCUT2D eigenvalue weighted by Crippen LogP contribution is 2.25. The lowest BCUT2D eigenvalue weighted by molar-refractivity contribution is -0.129. The molecule has 0 atom stereocenters. The van der Waals surface area contributed by atoms with Crippen LogP contribution in [0.25, 0.3) is 0 Å². The summed E-state index contributed by atoms with van der Waals surface area (Å²) in [5.74, 6) is 0.599. The van der Waals surface area contributed by atoms with Crippen molar-refractivity contribution in [3.63, 3.8) is 0 Å². The Kier molecular flexibility index (Phi) is 3.93. The highest BCUT2D eigenvalue weighted by atomic mass is 32.2. The Bertz CT molecular complexity index is 609. The maximum absolute atomic E-state index is 12.2. The van der Waals surface area contributed by atoms with E-state index in [1.165, 1.54) is 22.2 Å². The first kappa shape index (κ1) is 13.5. The lowest BCUT2D eigenvalue weighted by Crippen LogP contribution is -2.36. The molecule has 20 heavy (non-hydrogen) atoms. The summed E-state index contributed by atoms with van der Waals surface area (Å²) < 4.78 is 0. The van der Waals surface area contributed by atoms with Gasteiger partial charge in [0.2, 0.25) is 5.91 Å². The van der Waals surface area contributed by atoms with Crippen LogP contribution in [-0.4, -0.2) is 28.1 Å². The van der Waals surface area contributed by atoms with Crippen molar-refractivity contribution in [2.45, 2.75) is 18.0 Å². The van der Waals surface area contributed by atoms with Gasteiger partial charge in [-0.3, -0.25) is 4.79 Å². The van der Waals surface area contributed by atoms with Crippen LogP contribution in [0.15, 0.2) is 34.8 Å². The van der Waals surface area contributed by atoms with Crippen molar-refractivity contribution in [1.29, 1.82) is 0 Å². The van der Waals surface area contributed by atoms with Crippen LogP contribution >= 0.6 is 23.1 Å². The summed E-state index contributed by atoms with van der Waals surface area (Å²) in [5.41, 5.74) is 7.53. The molecule has 0 fully saturated rings. The van der Waals surface area contributed by atoms with Crippen molar-refractivity contribution in [1.82, 2.24) is 9.88 Å². The maximum Gasteiger partial charge on any atom is 0.233 e. The molecule has 0 unspecified atom stereocenters. The number of hydrogen-bond acceptors (Lipinski definition) is 5. The van der Waals surface area contributed by atoms with E-state index < -0.39 is 0 Å². The second-order valence-corrected chi connectivity index (χ2v) is 6.65. The summed E-state index contributed by atoms with van der Waals surface area (Å²) in [4.78, 5) is 19.8. The third-order valence-corrected chi connectivity index (χ3v) is 5.21. The van der Waals surface area contributed by atoms with Gasteiger partial charge in [-0.25, -0.2) is 4.98 Å². The summed E-state index contributed by atoms with van der Waals surface area (Å²) in [7, 11) is 0. The largest absolute Gasteiger partial charge is 0.397 e. The van der Waals surface area contributed by atoms with Crippen molar-refractivity contribution in [3.8, 4) is 0 Å². The number of nitrogens with two attached hydrogens (primary N) is 1. The molecule has 2 aromatic rings. The highest BCUT2D eigenvalue weighted by molar-refractivity contribution is 7.99. The number of hydrogen-bond donors (Lipinski definition) is 1. The van der Waals surface area contributed by atoms with Crippen LogP contribution in [0.5, 0.6) is 0 Å². The average molecular weight is 305 g/mol. The first-order valence-corrected chi connectivity index (χ1v) is 8.26. The predicted molar refractivity (Wildman–Crippen MR) is 82.8 cm³/mol. The predicted octanol–water partition coefficient (Wildman–Crippen LogP) is 2.40. The van der Waals surface area contributed by atoms with Crippen molar-refractivity contribution in [2.75, 3.05) is 18.0 Å². The van der Waals surface area contributed by atoms with Gasteiger partial charge in [-0.2, -0.15) is 0 Å². The zero-order chi connectivity index (χ0) is 13.9. The van der Waals surface area contributed by atoms with Crippen molar-refractivity contribution < 1.29 is 4.79 Å². The SMILES string of the molecule is Nc1ccc(SCC(=O)N2CCc3sccc3C2)nc1. The van der Waals surface area contributed by atoms with E-state index in [2.05, 4.69) is 16.4 Å². The molecule has 1 aliphatic heterocycles. The topological polar surface area (TPSA) is 59.2 Å². The normalized spacial score (nSPS) is 14.1. The number of fused-ring (bicyclic) bond motifs is 1. The number of carbonyl (C=O) groups is 1. The minimum absolute atomic E-state index is 0.172. The van der Waals surface area contributed by atoms with E-state index >= 15 is 0 Å². The molecule has 2 N–H and O–H groups in total. The number of carbonyl (C=O) groups excluding carboxylic acids is 1. The minimum atomic E-state index is 0.172. The molecule has 4 nitrogen and oxygen atoms in total. The molecule has 6 heteroatoms. The number of pyridine rings is 1. The highest BCUT2D eigenvalue weighted by Gasteiger charge is 2.21. The molecule has 3 rings (SSSR count). The van der Waals surface area contributed by atoms with Crippen LogP contribution in [0.1, 0.15) is 10.4 Å². The number of thioether (sulfide) groups is 1. The number of anilines is 1. The van der Waals surface area contributed by atoms with Crippen molar-refractivity contribution in [3.05, 3.63) is 40.2 Å². The molecule has 0 bridgehead atoms. The van der Waals surface area contributed by atoms with Gasteiger partial charge in [0.25, 0.3) is 0 Å². The standard InChI is InChI=1S/C14H15N3OS2/c15-11-1-2-13(16-7-11)20-9-14(18)17-5-3-12-10(8-17)4-6-19-12/h1-2,4,6-7H,3,5,8-9,15H2. The Morgan fingerprint density at radius 2 is 2.35 bits per heavy atom. The Labute approximate surface area is 126 Å². The Morgan fingerprint density at radius 3 is 3.15 bits per heavy atom. The van der Waals surface area contributed by atoms with Gasteiger partial charge in [0, 0.05) is 18.0 Å². The van der Waals surface area contributed by atoms with Crippen LogP contribution in [0.2, 0.25) is 0 Å². The van der Waals surface area contributed by atoms with Crippen LogP contribution in [0, 0.1) is 0 Å². The Morgan fingerprint density at radius 1 is 1.45 bits per heavy atom. The number of nitrogens with zero attached hydrogens (tertiary/aromatic N) is 2. The fourth-order valence-electron chi connectivity index (χ4n) is 2.17. The van der Waals surface area contributed by atoms with Gasteiger partial charge >= 0.3 is 0 Å². The first-order valence-electron chi connectivity index (χ1n) is 6.40. The fourth-order valence-corrected chi connectivity index (χ4v) is 3.80. The smallest absolute Gasteiger partial charge is 0.233 e. The van der Waals surface area contributed by atoms with Gasteiger partial charge in [-0.15, -0.1) is 11.3 Å². The maximum atomic E-state index is 12.2. The van der Waals surface area contributed by atoms with E-state index in [0.717, 1.165) is 24.5 Å². The molecule has 0 aliphatic carbocycles. The third-order valence-electron chi connectivity index (χ3n) is 3.26. The van der Waals surface area contributed by atoms with E-state index in [1.54, 1.807) is 23.6 Å². The Hall–Kier alpha value is -1.53. The average Bonchev–Trinajstić information content (AvgIpc) is 2.93. The molecule has 1 amide bonds. The monoisotopic (exact) mass is 305 g/mol. The van der Waals surface area contributed by atoms with Gasteiger partial charge in [-0.1, -0.05) is 11.8 Å². The molecule has 0 spiro atoms. The molecule has 0 radical (unpaired) electrons. The first-order chi connectivity index (χ1) is 9.72. The van der Waals surface area contributed by atoms with Gasteiger partial charge in [0.15, 0.2) is 0 Å². The molecule has 104 valence electrons. The van der Waals surface area contributed by atoms with Gasteiger partial charge in [0.05, 0.1) is 22.7 Å². The van der Waals surface area contributed by atoms with Crippen LogP contribution < -0.4 is 5.73 Å². The molecule has 0 aromatic carbocycles. The van der Waals surface area contributed by atoms with E-state index in [4.69, 9.17) is 5.73 Å². The fraction of sp³-hybridized carbons (Fsp3) is 0.286. The summed E-state index contributed by atoms with van der Waals surface area (Å²) in [5, 5.41) is 2.94. The minimum Gasteiger partial charge on any atom is -0.397 e. The van der Waals surface area contributed by atoms with Crippen molar-refractivity contribution in [2.24, 2.45) is 0 Å². The lowest BCUT2D eigenvalue weighted by atomic mass is 10.1.